The Morgan fingerprint density at radius 3 is 2.52 bits per heavy atom. The lowest BCUT2D eigenvalue weighted by atomic mass is 10.0. The number of piperazine rings is 1. The first-order chi connectivity index (χ1) is 11.0. The molecule has 1 atom stereocenters. The van der Waals surface area contributed by atoms with Crippen molar-refractivity contribution in [3.63, 3.8) is 0 Å². The Morgan fingerprint density at radius 2 is 1.96 bits per heavy atom. The van der Waals surface area contributed by atoms with Crippen LogP contribution in [-0.2, 0) is 9.59 Å². The zero-order valence-corrected chi connectivity index (χ0v) is 13.5. The lowest BCUT2D eigenvalue weighted by Gasteiger charge is -2.36. The molecule has 2 aliphatic heterocycles. The van der Waals surface area contributed by atoms with E-state index in [-0.39, 0.29) is 6.54 Å². The van der Waals surface area contributed by atoms with E-state index in [1.165, 1.54) is 6.08 Å². The molecule has 0 saturated carbocycles. The first-order valence-electron chi connectivity index (χ1n) is 7.61. The monoisotopic (exact) mass is 321 g/mol. The summed E-state index contributed by atoms with van der Waals surface area (Å²) in [5.41, 5.74) is 3.64. The molecular weight excluding hydrogens is 298 g/mol. The van der Waals surface area contributed by atoms with Crippen LogP contribution in [0.4, 0.5) is 4.79 Å². The molecule has 2 aliphatic rings. The maximum absolute atomic E-state index is 12.5. The van der Waals surface area contributed by atoms with Crippen LogP contribution in [0.5, 0.6) is 0 Å². The quantitative estimate of drug-likeness (QED) is 0.526. The predicted octanol–water partition coefficient (Wildman–Crippen LogP) is -0.477. The van der Waals surface area contributed by atoms with E-state index >= 15 is 0 Å². The second-order valence-corrected chi connectivity index (χ2v) is 5.61. The van der Waals surface area contributed by atoms with E-state index in [1.54, 1.807) is 13.0 Å². The standard InChI is InChI=1S/C15H23N5O3/c1-4-6-20-14(22)12(13(21)16-15(20)23)11(5-2)17-19-9-7-18(3)8-10-19/h4-5,12,17H,1,6-10H2,2-3H3,(H,16,21,23)/b11-5+/t12-/m0/s1. The van der Waals surface area contributed by atoms with Gasteiger partial charge < -0.3 is 10.3 Å². The summed E-state index contributed by atoms with van der Waals surface area (Å²) in [7, 11) is 2.05. The van der Waals surface area contributed by atoms with E-state index in [2.05, 4.69) is 22.2 Å². The second kappa shape index (κ2) is 7.38. The molecule has 0 aliphatic carbocycles. The molecule has 0 aromatic rings. The van der Waals surface area contributed by atoms with E-state index in [9.17, 15) is 14.4 Å². The van der Waals surface area contributed by atoms with Gasteiger partial charge >= 0.3 is 6.03 Å². The summed E-state index contributed by atoms with van der Waals surface area (Å²) in [4.78, 5) is 39.6. The number of allylic oxidation sites excluding steroid dienone is 1. The minimum atomic E-state index is -1.04. The zero-order chi connectivity index (χ0) is 17.0. The summed E-state index contributed by atoms with van der Waals surface area (Å²) in [6.07, 6.45) is 3.15. The molecule has 0 radical (unpaired) electrons. The van der Waals surface area contributed by atoms with Gasteiger partial charge in [-0.05, 0) is 14.0 Å². The van der Waals surface area contributed by atoms with Gasteiger partial charge in [-0.3, -0.25) is 19.8 Å². The van der Waals surface area contributed by atoms with E-state index in [4.69, 9.17) is 0 Å². The summed E-state index contributed by atoms with van der Waals surface area (Å²) in [5.74, 6) is -2.18. The van der Waals surface area contributed by atoms with Crippen molar-refractivity contribution in [2.45, 2.75) is 6.92 Å². The van der Waals surface area contributed by atoms with Crippen molar-refractivity contribution in [1.29, 1.82) is 0 Å². The summed E-state index contributed by atoms with van der Waals surface area (Å²) >= 11 is 0. The van der Waals surface area contributed by atoms with Crippen molar-refractivity contribution < 1.29 is 14.4 Å². The molecule has 0 aromatic carbocycles. The maximum atomic E-state index is 12.5. The first kappa shape index (κ1) is 17.2. The number of likely N-dealkylation sites (N-methyl/N-ethyl adjacent to an activating group) is 1. The average Bonchev–Trinajstić information content (AvgIpc) is 2.52. The van der Waals surface area contributed by atoms with Gasteiger partial charge in [-0.15, -0.1) is 6.58 Å². The Morgan fingerprint density at radius 1 is 1.30 bits per heavy atom. The molecule has 0 bridgehead atoms. The van der Waals surface area contributed by atoms with Gasteiger partial charge in [-0.25, -0.2) is 9.80 Å². The van der Waals surface area contributed by atoms with Crippen LogP contribution in [0.15, 0.2) is 24.4 Å². The number of urea groups is 1. The van der Waals surface area contributed by atoms with Crippen LogP contribution in [-0.4, -0.2) is 72.4 Å². The third kappa shape index (κ3) is 3.77. The van der Waals surface area contributed by atoms with Gasteiger partial charge in [0, 0.05) is 38.4 Å². The normalized spacial score (nSPS) is 24.6. The average molecular weight is 321 g/mol. The van der Waals surface area contributed by atoms with Crippen LogP contribution in [0.3, 0.4) is 0 Å². The number of hydrogen-bond acceptors (Lipinski definition) is 6. The molecule has 8 nitrogen and oxygen atoms in total. The van der Waals surface area contributed by atoms with Crippen molar-refractivity contribution in [2.24, 2.45) is 5.92 Å². The highest BCUT2D eigenvalue weighted by Crippen LogP contribution is 2.18. The van der Waals surface area contributed by atoms with E-state index in [1.807, 2.05) is 12.1 Å². The van der Waals surface area contributed by atoms with Crippen molar-refractivity contribution >= 4 is 17.8 Å². The molecule has 0 spiro atoms. The summed E-state index contributed by atoms with van der Waals surface area (Å²) < 4.78 is 0. The summed E-state index contributed by atoms with van der Waals surface area (Å²) in [6.45, 7) is 8.72. The van der Waals surface area contributed by atoms with Gasteiger partial charge in [-0.1, -0.05) is 12.2 Å². The zero-order valence-electron chi connectivity index (χ0n) is 13.5. The molecule has 8 heteroatoms. The maximum Gasteiger partial charge on any atom is 0.331 e. The van der Waals surface area contributed by atoms with Gasteiger partial charge in [0.15, 0.2) is 5.92 Å². The number of nitrogens with one attached hydrogen (secondary N) is 2. The fourth-order valence-electron chi connectivity index (χ4n) is 2.59. The van der Waals surface area contributed by atoms with Crippen LogP contribution in [0.25, 0.3) is 0 Å². The van der Waals surface area contributed by atoms with Crippen LogP contribution in [0.1, 0.15) is 6.92 Å². The Kier molecular flexibility index (Phi) is 5.51. The van der Waals surface area contributed by atoms with Gasteiger partial charge in [-0.2, -0.15) is 0 Å². The lowest BCUT2D eigenvalue weighted by Crippen LogP contribution is -2.60. The fraction of sp³-hybridized carbons (Fsp3) is 0.533. The number of hydrogen-bond donors (Lipinski definition) is 2. The molecule has 126 valence electrons. The predicted molar refractivity (Wildman–Crippen MR) is 84.9 cm³/mol. The molecule has 23 heavy (non-hydrogen) atoms. The van der Waals surface area contributed by atoms with Gasteiger partial charge in [0.2, 0.25) is 11.8 Å². The topological polar surface area (TPSA) is 85.0 Å². The molecule has 2 N–H and O–H groups in total. The van der Waals surface area contributed by atoms with Crippen molar-refractivity contribution in [3.8, 4) is 0 Å². The molecule has 2 fully saturated rings. The highest BCUT2D eigenvalue weighted by atomic mass is 16.2. The molecular formula is C15H23N5O3. The number of amides is 4. The third-order valence-electron chi connectivity index (χ3n) is 3.97. The SMILES string of the molecule is C=CCN1C(=O)NC(=O)[C@H](/C(=C\C)NN2CCN(C)CC2)C1=O. The van der Waals surface area contributed by atoms with Crippen LogP contribution in [0.2, 0.25) is 0 Å². The van der Waals surface area contributed by atoms with Crippen molar-refractivity contribution in [3.05, 3.63) is 24.4 Å². The fourth-order valence-corrected chi connectivity index (χ4v) is 2.59. The minimum Gasteiger partial charge on any atom is -0.322 e. The van der Waals surface area contributed by atoms with Gasteiger partial charge in [0.25, 0.3) is 0 Å². The minimum absolute atomic E-state index is 0.0694. The first-order valence-corrected chi connectivity index (χ1v) is 7.61. The van der Waals surface area contributed by atoms with Gasteiger partial charge in [0.05, 0.1) is 0 Å². The van der Waals surface area contributed by atoms with Gasteiger partial charge in [0.1, 0.15) is 0 Å². The third-order valence-corrected chi connectivity index (χ3v) is 3.97. The largest absolute Gasteiger partial charge is 0.331 e. The van der Waals surface area contributed by atoms with E-state index < -0.39 is 23.8 Å². The number of rotatable bonds is 5. The van der Waals surface area contributed by atoms with Crippen LogP contribution in [0, 0.1) is 5.92 Å². The van der Waals surface area contributed by atoms with Crippen molar-refractivity contribution in [1.82, 2.24) is 25.6 Å². The van der Waals surface area contributed by atoms with Crippen molar-refractivity contribution in [2.75, 3.05) is 39.8 Å². The molecule has 0 unspecified atom stereocenters. The smallest absolute Gasteiger partial charge is 0.322 e. The Bertz CT molecular complexity index is 537. The number of carbonyl (C=O) groups is 3. The summed E-state index contributed by atoms with van der Waals surface area (Å²) in [5, 5.41) is 4.20. The van der Waals surface area contributed by atoms with Crippen LogP contribution < -0.4 is 10.7 Å². The summed E-state index contributed by atoms with van der Waals surface area (Å²) in [6, 6.07) is -0.703. The Balaban J connectivity index is 2.12. The lowest BCUT2D eigenvalue weighted by molar-refractivity contribution is -0.141. The number of nitrogens with zero attached hydrogens (tertiary/aromatic N) is 3. The molecule has 2 rings (SSSR count). The second-order valence-electron chi connectivity index (χ2n) is 5.61. The van der Waals surface area contributed by atoms with Crippen LogP contribution >= 0.6 is 0 Å². The molecule has 2 saturated heterocycles. The number of carbonyl (C=O) groups excluding carboxylic acids is 3. The molecule has 2 heterocycles. The number of hydrazine groups is 1. The number of barbiturate groups is 1. The van der Waals surface area contributed by atoms with E-state index in [0.29, 0.717) is 5.70 Å². The Hall–Kier alpha value is -2.19. The molecule has 4 amide bonds. The molecule has 0 aromatic heterocycles. The van der Waals surface area contributed by atoms with E-state index in [0.717, 1.165) is 31.1 Å². The highest BCUT2D eigenvalue weighted by Gasteiger charge is 2.42. The Labute approximate surface area is 135 Å². The number of imide groups is 2. The highest BCUT2D eigenvalue weighted by molar-refractivity contribution is 6.17.